The highest BCUT2D eigenvalue weighted by Gasteiger charge is 2.13. The zero-order valence-electron chi connectivity index (χ0n) is 12.3. The van der Waals surface area contributed by atoms with Gasteiger partial charge in [-0.3, -0.25) is 4.98 Å². The average molecular weight is 313 g/mol. The molecule has 116 valence electrons. The van der Waals surface area contributed by atoms with E-state index in [1.165, 1.54) is 12.1 Å². The van der Waals surface area contributed by atoms with Gasteiger partial charge in [-0.1, -0.05) is 19.1 Å². The largest absolute Gasteiger partial charge is 0.436 e. The molecule has 0 saturated heterocycles. The van der Waals surface area contributed by atoms with Crippen molar-refractivity contribution in [2.24, 2.45) is 0 Å². The molecule has 1 aromatic carbocycles. The summed E-state index contributed by atoms with van der Waals surface area (Å²) >= 11 is 0. The van der Waals surface area contributed by atoms with Gasteiger partial charge in [0.2, 0.25) is 11.7 Å². The van der Waals surface area contributed by atoms with Crippen LogP contribution in [0.25, 0.3) is 11.5 Å². The van der Waals surface area contributed by atoms with Gasteiger partial charge < -0.3 is 4.74 Å². The maximum absolute atomic E-state index is 13.7. The molecule has 0 bridgehead atoms. The van der Waals surface area contributed by atoms with Crippen molar-refractivity contribution < 1.29 is 13.5 Å². The van der Waals surface area contributed by atoms with E-state index in [1.807, 2.05) is 13.0 Å². The van der Waals surface area contributed by atoms with Crippen molar-refractivity contribution in [3.8, 4) is 23.1 Å². The Kier molecular flexibility index (Phi) is 4.23. The van der Waals surface area contributed by atoms with Gasteiger partial charge in [0.1, 0.15) is 5.69 Å². The molecule has 0 amide bonds. The topological polar surface area (TPSA) is 47.9 Å². The van der Waals surface area contributed by atoms with Crippen LogP contribution in [-0.2, 0) is 6.42 Å². The lowest BCUT2D eigenvalue weighted by molar-refractivity contribution is 0.404. The van der Waals surface area contributed by atoms with E-state index in [1.54, 1.807) is 24.4 Å². The summed E-state index contributed by atoms with van der Waals surface area (Å²) in [5.41, 5.74) is 1.29. The predicted octanol–water partition coefficient (Wildman–Crippen LogP) is 4.17. The maximum Gasteiger partial charge on any atom is 0.223 e. The molecule has 0 radical (unpaired) electrons. The van der Waals surface area contributed by atoms with Gasteiger partial charge in [0.05, 0.1) is 0 Å². The Morgan fingerprint density at radius 1 is 1.04 bits per heavy atom. The van der Waals surface area contributed by atoms with E-state index < -0.39 is 11.6 Å². The second-order valence-electron chi connectivity index (χ2n) is 4.74. The molecule has 3 aromatic rings. The molecular weight excluding hydrogens is 300 g/mol. The predicted molar refractivity (Wildman–Crippen MR) is 81.1 cm³/mol. The molecule has 6 heteroatoms. The lowest BCUT2D eigenvalue weighted by Crippen LogP contribution is -2.00. The third-order valence-corrected chi connectivity index (χ3v) is 3.14. The lowest BCUT2D eigenvalue weighted by Gasteiger charge is -2.09. The van der Waals surface area contributed by atoms with Crippen LogP contribution in [0.3, 0.4) is 0 Å². The van der Waals surface area contributed by atoms with Crippen LogP contribution in [-0.4, -0.2) is 15.0 Å². The SMILES string of the molecule is CCc1cc(Oc2cccc(F)c2F)nc(-c2ccccn2)n1. The summed E-state index contributed by atoms with van der Waals surface area (Å²) < 4.78 is 32.4. The summed E-state index contributed by atoms with van der Waals surface area (Å²) in [5, 5.41) is 0. The number of nitrogens with zero attached hydrogens (tertiary/aromatic N) is 3. The van der Waals surface area contributed by atoms with Crippen LogP contribution < -0.4 is 4.74 Å². The van der Waals surface area contributed by atoms with Gasteiger partial charge in [-0.15, -0.1) is 0 Å². The number of aromatic nitrogens is 3. The first kappa shape index (κ1) is 15.0. The average Bonchev–Trinajstić information content (AvgIpc) is 2.59. The van der Waals surface area contributed by atoms with Crippen molar-refractivity contribution >= 4 is 0 Å². The molecule has 0 aliphatic rings. The number of halogens is 2. The van der Waals surface area contributed by atoms with Gasteiger partial charge in [0.25, 0.3) is 0 Å². The van der Waals surface area contributed by atoms with Crippen LogP contribution >= 0.6 is 0 Å². The highest BCUT2D eigenvalue weighted by molar-refractivity contribution is 5.50. The van der Waals surface area contributed by atoms with Crippen molar-refractivity contribution in [3.63, 3.8) is 0 Å². The first-order chi connectivity index (χ1) is 11.2. The van der Waals surface area contributed by atoms with Gasteiger partial charge in [-0.05, 0) is 30.7 Å². The summed E-state index contributed by atoms with van der Waals surface area (Å²) in [5.74, 6) is -1.74. The molecule has 23 heavy (non-hydrogen) atoms. The van der Waals surface area contributed by atoms with Crippen molar-refractivity contribution in [1.29, 1.82) is 0 Å². The highest BCUT2D eigenvalue weighted by atomic mass is 19.2. The minimum absolute atomic E-state index is 0.141. The van der Waals surface area contributed by atoms with E-state index in [-0.39, 0.29) is 11.6 Å². The maximum atomic E-state index is 13.7. The minimum Gasteiger partial charge on any atom is -0.436 e. The van der Waals surface area contributed by atoms with Crippen LogP contribution in [0, 0.1) is 11.6 Å². The Morgan fingerprint density at radius 2 is 1.91 bits per heavy atom. The summed E-state index contributed by atoms with van der Waals surface area (Å²) in [6.07, 6.45) is 2.27. The second-order valence-corrected chi connectivity index (χ2v) is 4.74. The molecule has 0 N–H and O–H groups in total. The molecule has 0 aliphatic heterocycles. The smallest absolute Gasteiger partial charge is 0.223 e. The van der Waals surface area contributed by atoms with Crippen molar-refractivity contribution in [2.45, 2.75) is 13.3 Å². The molecule has 3 rings (SSSR count). The van der Waals surface area contributed by atoms with Crippen LogP contribution in [0.15, 0.2) is 48.7 Å². The normalized spacial score (nSPS) is 10.6. The molecule has 0 atom stereocenters. The minimum atomic E-state index is -1.05. The first-order valence-electron chi connectivity index (χ1n) is 7.08. The van der Waals surface area contributed by atoms with Crippen LogP contribution in [0.1, 0.15) is 12.6 Å². The quantitative estimate of drug-likeness (QED) is 0.725. The van der Waals surface area contributed by atoms with E-state index in [4.69, 9.17) is 4.74 Å². The molecule has 0 spiro atoms. The van der Waals surface area contributed by atoms with Gasteiger partial charge in [-0.2, -0.15) is 9.37 Å². The molecule has 0 saturated carbocycles. The Bertz CT molecular complexity index is 825. The Morgan fingerprint density at radius 3 is 2.65 bits per heavy atom. The summed E-state index contributed by atoms with van der Waals surface area (Å²) in [6.45, 7) is 1.93. The van der Waals surface area contributed by atoms with Gasteiger partial charge >= 0.3 is 0 Å². The lowest BCUT2D eigenvalue weighted by atomic mass is 10.3. The second kappa shape index (κ2) is 6.48. The number of ether oxygens (including phenoxy) is 1. The van der Waals surface area contributed by atoms with E-state index in [2.05, 4.69) is 15.0 Å². The molecule has 2 aromatic heterocycles. The highest BCUT2D eigenvalue weighted by Crippen LogP contribution is 2.26. The summed E-state index contributed by atoms with van der Waals surface area (Å²) in [7, 11) is 0. The molecule has 4 nitrogen and oxygen atoms in total. The number of pyridine rings is 1. The monoisotopic (exact) mass is 313 g/mol. The Labute approximate surface area is 131 Å². The number of rotatable bonds is 4. The Balaban J connectivity index is 2.01. The van der Waals surface area contributed by atoms with Crippen molar-refractivity contribution in [2.75, 3.05) is 0 Å². The molecular formula is C17H13F2N3O. The summed E-state index contributed by atoms with van der Waals surface area (Å²) in [6, 6.07) is 10.7. The summed E-state index contributed by atoms with van der Waals surface area (Å²) in [4.78, 5) is 12.8. The fraction of sp³-hybridized carbons (Fsp3) is 0.118. The van der Waals surface area contributed by atoms with Gasteiger partial charge in [-0.25, -0.2) is 9.37 Å². The molecule has 2 heterocycles. The fourth-order valence-electron chi connectivity index (χ4n) is 1.99. The van der Waals surface area contributed by atoms with E-state index in [0.717, 1.165) is 6.07 Å². The van der Waals surface area contributed by atoms with Gasteiger partial charge in [0, 0.05) is 18.0 Å². The molecule has 0 aliphatic carbocycles. The zero-order chi connectivity index (χ0) is 16.2. The number of hydrogen-bond acceptors (Lipinski definition) is 4. The zero-order valence-corrected chi connectivity index (χ0v) is 12.3. The Hall–Kier alpha value is -2.89. The van der Waals surface area contributed by atoms with E-state index >= 15 is 0 Å². The van der Waals surface area contributed by atoms with E-state index in [9.17, 15) is 8.78 Å². The molecule has 0 fully saturated rings. The van der Waals surface area contributed by atoms with Gasteiger partial charge in [0.15, 0.2) is 17.4 Å². The fourth-order valence-corrected chi connectivity index (χ4v) is 1.99. The first-order valence-corrected chi connectivity index (χ1v) is 7.08. The molecule has 0 unspecified atom stereocenters. The van der Waals surface area contributed by atoms with Crippen molar-refractivity contribution in [3.05, 3.63) is 66.0 Å². The van der Waals surface area contributed by atoms with Crippen molar-refractivity contribution in [1.82, 2.24) is 15.0 Å². The number of benzene rings is 1. The third kappa shape index (κ3) is 3.31. The van der Waals surface area contributed by atoms with Crippen LogP contribution in [0.2, 0.25) is 0 Å². The van der Waals surface area contributed by atoms with E-state index in [0.29, 0.717) is 23.6 Å². The standard InChI is InChI=1S/C17H13F2N3O/c1-2-11-10-15(23-14-8-5-6-12(18)16(14)19)22-17(21-11)13-7-3-4-9-20-13/h3-10H,2H2,1H3. The third-order valence-electron chi connectivity index (χ3n) is 3.14. The van der Waals surface area contributed by atoms with Crippen LogP contribution in [0.4, 0.5) is 8.78 Å². The number of hydrogen-bond donors (Lipinski definition) is 0. The van der Waals surface area contributed by atoms with Crippen LogP contribution in [0.5, 0.6) is 11.6 Å². The number of aryl methyl sites for hydroxylation is 1.